The van der Waals surface area contributed by atoms with Gasteiger partial charge in [0, 0.05) is 11.6 Å². The molecule has 0 radical (unpaired) electrons. The van der Waals surface area contributed by atoms with Crippen LogP contribution in [0.2, 0.25) is 0 Å². The van der Waals surface area contributed by atoms with Gasteiger partial charge in [0.15, 0.2) is 0 Å². The van der Waals surface area contributed by atoms with E-state index >= 15 is 0 Å². The van der Waals surface area contributed by atoms with Crippen LogP contribution in [0.5, 0.6) is 0 Å². The van der Waals surface area contributed by atoms with E-state index in [2.05, 4.69) is 20.3 Å². The van der Waals surface area contributed by atoms with Gasteiger partial charge in [-0.3, -0.25) is 4.79 Å². The van der Waals surface area contributed by atoms with Gasteiger partial charge in [-0.15, -0.1) is 11.3 Å². The van der Waals surface area contributed by atoms with E-state index in [-0.39, 0.29) is 11.5 Å². The van der Waals surface area contributed by atoms with Gasteiger partial charge in [-0.05, 0) is 6.07 Å². The molecule has 3 N–H and O–H groups in total. The third kappa shape index (κ3) is 2.78. The van der Waals surface area contributed by atoms with Gasteiger partial charge in [0.05, 0.1) is 6.54 Å². The number of nitrogens with two attached hydrogens (primary N) is 1. The van der Waals surface area contributed by atoms with Crippen LogP contribution in [0.25, 0.3) is 0 Å². The van der Waals surface area contributed by atoms with Gasteiger partial charge in [-0.25, -0.2) is 15.0 Å². The summed E-state index contributed by atoms with van der Waals surface area (Å²) in [4.78, 5) is 22.6. The standard InChI is InChI=1S/C10H8N6OS/c11-3-8-13-2-1-7(16-8)14-4-9-15-6(5-18-9)10(12)17/h1-2,5H,4H2,(H2,12,17)(H,13,14,16). The second-order valence-corrected chi connectivity index (χ2v) is 4.16. The van der Waals surface area contributed by atoms with E-state index in [0.29, 0.717) is 17.4 Å². The fraction of sp³-hybridized carbons (Fsp3) is 0.100. The zero-order valence-electron chi connectivity index (χ0n) is 9.12. The maximum atomic E-state index is 10.9. The number of carbonyl (C=O) groups excluding carboxylic acids is 1. The molecule has 2 heterocycles. The molecule has 2 rings (SSSR count). The van der Waals surface area contributed by atoms with Crippen molar-refractivity contribution in [3.05, 3.63) is 34.2 Å². The number of nitriles is 1. The zero-order valence-corrected chi connectivity index (χ0v) is 9.94. The molecule has 0 aliphatic carbocycles. The number of anilines is 1. The average Bonchev–Trinajstić information content (AvgIpc) is 2.85. The molecule has 2 aromatic heterocycles. The molecule has 0 saturated heterocycles. The summed E-state index contributed by atoms with van der Waals surface area (Å²) in [6.45, 7) is 0.403. The van der Waals surface area contributed by atoms with Gasteiger partial charge in [0.2, 0.25) is 5.82 Å². The van der Waals surface area contributed by atoms with E-state index in [1.807, 2.05) is 6.07 Å². The highest BCUT2D eigenvalue weighted by Gasteiger charge is 2.06. The van der Waals surface area contributed by atoms with Gasteiger partial charge < -0.3 is 11.1 Å². The van der Waals surface area contributed by atoms with Crippen LogP contribution in [0.15, 0.2) is 17.6 Å². The van der Waals surface area contributed by atoms with Crippen LogP contribution in [0.1, 0.15) is 21.3 Å². The Labute approximate surface area is 106 Å². The second-order valence-electron chi connectivity index (χ2n) is 3.22. The van der Waals surface area contributed by atoms with E-state index in [1.54, 1.807) is 11.4 Å². The highest BCUT2D eigenvalue weighted by Crippen LogP contribution is 2.11. The molecule has 0 aliphatic rings. The molecule has 0 fully saturated rings. The zero-order chi connectivity index (χ0) is 13.0. The number of primary amides is 1. The van der Waals surface area contributed by atoms with Crippen LogP contribution in [0.4, 0.5) is 5.82 Å². The highest BCUT2D eigenvalue weighted by atomic mass is 32.1. The van der Waals surface area contributed by atoms with Crippen molar-refractivity contribution in [1.29, 1.82) is 5.26 Å². The first kappa shape index (κ1) is 11.9. The van der Waals surface area contributed by atoms with Gasteiger partial charge in [0.25, 0.3) is 5.91 Å². The molecule has 0 saturated carbocycles. The lowest BCUT2D eigenvalue weighted by Gasteiger charge is -2.02. The monoisotopic (exact) mass is 260 g/mol. The summed E-state index contributed by atoms with van der Waals surface area (Å²) in [5.41, 5.74) is 5.35. The maximum absolute atomic E-state index is 10.9. The molecule has 0 spiro atoms. The molecule has 90 valence electrons. The van der Waals surface area contributed by atoms with Crippen molar-refractivity contribution in [2.45, 2.75) is 6.54 Å². The first-order chi connectivity index (χ1) is 8.69. The molecule has 1 amide bonds. The summed E-state index contributed by atoms with van der Waals surface area (Å²) in [5.74, 6) is 0.0700. The van der Waals surface area contributed by atoms with Crippen molar-refractivity contribution in [1.82, 2.24) is 15.0 Å². The first-order valence-electron chi connectivity index (χ1n) is 4.90. The molecule has 2 aromatic rings. The molecule has 8 heteroatoms. The molecule has 0 unspecified atom stereocenters. The largest absolute Gasteiger partial charge is 0.364 e. The summed E-state index contributed by atoms with van der Waals surface area (Å²) >= 11 is 1.32. The van der Waals surface area contributed by atoms with Gasteiger partial charge in [0.1, 0.15) is 22.6 Å². The Kier molecular flexibility index (Phi) is 3.45. The average molecular weight is 260 g/mol. The first-order valence-corrected chi connectivity index (χ1v) is 5.78. The van der Waals surface area contributed by atoms with E-state index < -0.39 is 5.91 Å². The molecule has 0 bridgehead atoms. The van der Waals surface area contributed by atoms with E-state index in [9.17, 15) is 4.79 Å². The number of carbonyl (C=O) groups is 1. The van der Waals surface area contributed by atoms with Crippen molar-refractivity contribution in [3.63, 3.8) is 0 Å². The summed E-state index contributed by atoms with van der Waals surface area (Å²) in [6, 6.07) is 3.49. The fourth-order valence-electron chi connectivity index (χ4n) is 1.18. The quantitative estimate of drug-likeness (QED) is 0.827. The molecule has 0 atom stereocenters. The minimum absolute atomic E-state index is 0.0944. The Hall–Kier alpha value is -2.53. The highest BCUT2D eigenvalue weighted by molar-refractivity contribution is 7.09. The lowest BCUT2D eigenvalue weighted by Crippen LogP contribution is -2.11. The summed E-state index contributed by atoms with van der Waals surface area (Å²) in [7, 11) is 0. The smallest absolute Gasteiger partial charge is 0.268 e. The molecule has 0 aromatic carbocycles. The van der Waals surface area contributed by atoms with Gasteiger partial charge in [-0.1, -0.05) is 0 Å². The molecule has 0 aliphatic heterocycles. The van der Waals surface area contributed by atoms with Crippen molar-refractivity contribution in [2.75, 3.05) is 5.32 Å². The lowest BCUT2D eigenvalue weighted by molar-refractivity contribution is 0.0996. The number of hydrogen-bond donors (Lipinski definition) is 2. The van der Waals surface area contributed by atoms with Crippen LogP contribution < -0.4 is 11.1 Å². The predicted molar refractivity (Wildman–Crippen MR) is 64.7 cm³/mol. The van der Waals surface area contributed by atoms with Crippen LogP contribution in [0, 0.1) is 11.3 Å². The minimum Gasteiger partial charge on any atom is -0.364 e. The second kappa shape index (κ2) is 5.20. The normalized spacial score (nSPS) is 9.72. The third-order valence-corrected chi connectivity index (χ3v) is 2.83. The van der Waals surface area contributed by atoms with Crippen LogP contribution >= 0.6 is 11.3 Å². The minimum atomic E-state index is -0.550. The predicted octanol–water partition coefficient (Wildman–Crippen LogP) is 0.516. The molecular weight excluding hydrogens is 252 g/mol. The Morgan fingerprint density at radius 3 is 3.06 bits per heavy atom. The Bertz CT molecular complexity index is 617. The van der Waals surface area contributed by atoms with Gasteiger partial charge >= 0.3 is 0 Å². The van der Waals surface area contributed by atoms with Crippen LogP contribution in [-0.2, 0) is 6.54 Å². The number of nitrogens with zero attached hydrogens (tertiary/aromatic N) is 4. The van der Waals surface area contributed by atoms with Crippen LogP contribution in [0.3, 0.4) is 0 Å². The Morgan fingerprint density at radius 1 is 1.56 bits per heavy atom. The summed E-state index contributed by atoms with van der Waals surface area (Å²) < 4.78 is 0. The number of amides is 1. The SMILES string of the molecule is N#Cc1nccc(NCc2nc(C(N)=O)cs2)n1. The molecular formula is C10H8N6OS. The number of thiazole rings is 1. The number of aromatic nitrogens is 3. The van der Waals surface area contributed by atoms with Crippen molar-refractivity contribution >= 4 is 23.1 Å². The summed E-state index contributed by atoms with van der Waals surface area (Å²) in [5, 5.41) is 13.9. The number of hydrogen-bond acceptors (Lipinski definition) is 7. The maximum Gasteiger partial charge on any atom is 0.268 e. The van der Waals surface area contributed by atoms with Crippen LogP contribution in [-0.4, -0.2) is 20.9 Å². The Balaban J connectivity index is 2.02. The number of nitrogens with one attached hydrogen (secondary N) is 1. The lowest BCUT2D eigenvalue weighted by atomic mass is 10.5. The summed E-state index contributed by atoms with van der Waals surface area (Å²) in [6.07, 6.45) is 1.49. The third-order valence-electron chi connectivity index (χ3n) is 1.98. The van der Waals surface area contributed by atoms with Crippen molar-refractivity contribution in [3.8, 4) is 6.07 Å². The van der Waals surface area contributed by atoms with E-state index in [0.717, 1.165) is 0 Å². The van der Waals surface area contributed by atoms with Crippen molar-refractivity contribution < 1.29 is 4.79 Å². The topological polar surface area (TPSA) is 118 Å². The molecule has 7 nitrogen and oxygen atoms in total. The van der Waals surface area contributed by atoms with Crippen molar-refractivity contribution in [2.24, 2.45) is 5.73 Å². The fourth-order valence-corrected chi connectivity index (χ4v) is 1.91. The van der Waals surface area contributed by atoms with E-state index in [1.165, 1.54) is 17.5 Å². The molecule has 18 heavy (non-hydrogen) atoms. The Morgan fingerprint density at radius 2 is 2.39 bits per heavy atom. The number of rotatable bonds is 4. The van der Waals surface area contributed by atoms with Gasteiger partial charge in [-0.2, -0.15) is 5.26 Å². The van der Waals surface area contributed by atoms with E-state index in [4.69, 9.17) is 11.0 Å².